The number of aryl methyl sites for hydroxylation is 1. The fourth-order valence-corrected chi connectivity index (χ4v) is 0.883. The molecule has 78 valence electrons. The maximum Gasteiger partial charge on any atom is 0.432 e. The smallest absolute Gasteiger partial charge is 0.394 e. The number of halogens is 3. The zero-order chi connectivity index (χ0) is 11.1. The predicted octanol–water partition coefficient (Wildman–Crippen LogP) is 1.39. The fraction of sp³-hybridized carbons (Fsp3) is 0.286. The first-order valence-electron chi connectivity index (χ1n) is 3.62. The SMILES string of the molecule is C=C(n1nc(C)c(N)c1N)C(F)(F)F. The molecular weight excluding hydrogens is 197 g/mol. The van der Waals surface area contributed by atoms with E-state index in [1.54, 1.807) is 0 Å². The zero-order valence-electron chi connectivity index (χ0n) is 7.39. The van der Waals surface area contributed by atoms with Crippen LogP contribution in [0.25, 0.3) is 5.70 Å². The van der Waals surface area contributed by atoms with Gasteiger partial charge in [0.05, 0.1) is 11.4 Å². The van der Waals surface area contributed by atoms with Crippen molar-refractivity contribution in [1.29, 1.82) is 0 Å². The van der Waals surface area contributed by atoms with E-state index in [-0.39, 0.29) is 17.2 Å². The largest absolute Gasteiger partial charge is 0.432 e. The molecule has 0 spiro atoms. The number of aromatic nitrogens is 2. The predicted molar refractivity (Wildman–Crippen MR) is 47.2 cm³/mol. The van der Waals surface area contributed by atoms with Gasteiger partial charge in [-0.1, -0.05) is 6.58 Å². The molecule has 4 N–H and O–H groups in total. The molecule has 14 heavy (non-hydrogen) atoms. The Morgan fingerprint density at radius 2 is 1.93 bits per heavy atom. The molecule has 0 saturated carbocycles. The summed E-state index contributed by atoms with van der Waals surface area (Å²) in [7, 11) is 0. The molecule has 0 unspecified atom stereocenters. The second-order valence-electron chi connectivity index (χ2n) is 2.74. The van der Waals surface area contributed by atoms with Gasteiger partial charge in [-0.05, 0) is 6.92 Å². The molecule has 0 fully saturated rings. The topological polar surface area (TPSA) is 69.9 Å². The third-order valence-electron chi connectivity index (χ3n) is 1.73. The highest BCUT2D eigenvalue weighted by Gasteiger charge is 2.35. The summed E-state index contributed by atoms with van der Waals surface area (Å²) in [6.45, 7) is 4.32. The van der Waals surface area contributed by atoms with Crippen molar-refractivity contribution >= 4 is 17.2 Å². The van der Waals surface area contributed by atoms with Gasteiger partial charge >= 0.3 is 6.18 Å². The molecule has 0 aliphatic heterocycles. The van der Waals surface area contributed by atoms with E-state index >= 15 is 0 Å². The summed E-state index contributed by atoms with van der Waals surface area (Å²) >= 11 is 0. The Balaban J connectivity index is 3.22. The monoisotopic (exact) mass is 206 g/mol. The maximum atomic E-state index is 12.2. The van der Waals surface area contributed by atoms with Crippen LogP contribution in [0.3, 0.4) is 0 Å². The van der Waals surface area contributed by atoms with E-state index in [0.29, 0.717) is 4.68 Å². The molecule has 0 bridgehead atoms. The van der Waals surface area contributed by atoms with Crippen molar-refractivity contribution in [3.63, 3.8) is 0 Å². The van der Waals surface area contributed by atoms with Gasteiger partial charge in [0.1, 0.15) is 5.70 Å². The highest BCUT2D eigenvalue weighted by molar-refractivity contribution is 5.67. The normalized spacial score (nSPS) is 11.7. The second-order valence-corrected chi connectivity index (χ2v) is 2.74. The number of nitrogen functional groups attached to an aromatic ring is 2. The van der Waals surface area contributed by atoms with Crippen molar-refractivity contribution in [2.24, 2.45) is 0 Å². The van der Waals surface area contributed by atoms with Crippen LogP contribution in [0.5, 0.6) is 0 Å². The minimum Gasteiger partial charge on any atom is -0.394 e. The first-order chi connectivity index (χ1) is 6.25. The average molecular weight is 206 g/mol. The summed E-state index contributed by atoms with van der Waals surface area (Å²) in [4.78, 5) is 0. The number of hydrogen-bond donors (Lipinski definition) is 2. The Morgan fingerprint density at radius 1 is 1.43 bits per heavy atom. The van der Waals surface area contributed by atoms with E-state index in [1.807, 2.05) is 0 Å². The Kier molecular flexibility index (Phi) is 2.18. The van der Waals surface area contributed by atoms with E-state index in [2.05, 4.69) is 11.7 Å². The van der Waals surface area contributed by atoms with Crippen LogP contribution >= 0.6 is 0 Å². The molecule has 1 heterocycles. The molecular formula is C7H9F3N4. The van der Waals surface area contributed by atoms with Crippen LogP contribution in [0.4, 0.5) is 24.7 Å². The Bertz CT molecular complexity index is 377. The number of allylic oxidation sites excluding steroid dienone is 1. The fourth-order valence-electron chi connectivity index (χ4n) is 0.883. The number of alkyl halides is 3. The van der Waals surface area contributed by atoms with Gasteiger partial charge in [-0.3, -0.25) is 0 Å². The van der Waals surface area contributed by atoms with Gasteiger partial charge in [-0.15, -0.1) is 0 Å². The minimum atomic E-state index is -4.57. The molecule has 0 aliphatic rings. The summed E-state index contributed by atoms with van der Waals surface area (Å²) in [6.07, 6.45) is -4.57. The number of anilines is 2. The van der Waals surface area contributed by atoms with Gasteiger partial charge in [0, 0.05) is 0 Å². The molecule has 1 aromatic heterocycles. The molecule has 0 atom stereocenters. The van der Waals surface area contributed by atoms with Crippen molar-refractivity contribution in [1.82, 2.24) is 9.78 Å². The van der Waals surface area contributed by atoms with Gasteiger partial charge in [0.15, 0.2) is 5.82 Å². The van der Waals surface area contributed by atoms with Crippen LogP contribution < -0.4 is 11.5 Å². The molecule has 0 saturated heterocycles. The first kappa shape index (κ1) is 10.4. The van der Waals surface area contributed by atoms with Crippen molar-refractivity contribution < 1.29 is 13.2 Å². The van der Waals surface area contributed by atoms with Gasteiger partial charge in [0.25, 0.3) is 0 Å². The van der Waals surface area contributed by atoms with Crippen molar-refractivity contribution in [3.8, 4) is 0 Å². The summed E-state index contributed by atoms with van der Waals surface area (Å²) in [6, 6.07) is 0. The van der Waals surface area contributed by atoms with Crippen molar-refractivity contribution in [2.75, 3.05) is 11.5 Å². The number of rotatable bonds is 1. The Labute approximate surface area is 78.0 Å². The van der Waals surface area contributed by atoms with Gasteiger partial charge in [-0.2, -0.15) is 18.3 Å². The van der Waals surface area contributed by atoms with E-state index in [1.165, 1.54) is 6.92 Å². The lowest BCUT2D eigenvalue weighted by Gasteiger charge is -2.10. The third kappa shape index (κ3) is 1.52. The summed E-state index contributed by atoms with van der Waals surface area (Å²) in [5.41, 5.74) is 9.81. The van der Waals surface area contributed by atoms with E-state index in [0.717, 1.165) is 0 Å². The van der Waals surface area contributed by atoms with Gasteiger partial charge in [0.2, 0.25) is 0 Å². The van der Waals surface area contributed by atoms with Crippen LogP contribution in [0.15, 0.2) is 6.58 Å². The summed E-state index contributed by atoms with van der Waals surface area (Å²) in [5, 5.41) is 3.52. The van der Waals surface area contributed by atoms with Crippen LogP contribution in [0, 0.1) is 6.92 Å². The first-order valence-corrected chi connectivity index (χ1v) is 3.62. The number of nitrogens with zero attached hydrogens (tertiary/aromatic N) is 2. The Hall–Kier alpha value is -1.66. The van der Waals surface area contributed by atoms with E-state index in [9.17, 15) is 13.2 Å². The molecule has 0 radical (unpaired) electrons. The van der Waals surface area contributed by atoms with E-state index < -0.39 is 11.9 Å². The lowest BCUT2D eigenvalue weighted by Crippen LogP contribution is -2.18. The Morgan fingerprint density at radius 3 is 2.21 bits per heavy atom. The molecule has 0 amide bonds. The van der Waals surface area contributed by atoms with Crippen molar-refractivity contribution in [2.45, 2.75) is 13.1 Å². The van der Waals surface area contributed by atoms with Gasteiger partial charge < -0.3 is 11.5 Å². The lowest BCUT2D eigenvalue weighted by molar-refractivity contribution is -0.0739. The maximum absolute atomic E-state index is 12.2. The molecule has 1 rings (SSSR count). The van der Waals surface area contributed by atoms with Crippen LogP contribution in [-0.4, -0.2) is 16.0 Å². The highest BCUT2D eigenvalue weighted by Crippen LogP contribution is 2.31. The molecule has 1 aromatic rings. The molecule has 7 heteroatoms. The molecule has 0 aliphatic carbocycles. The number of hydrogen-bond acceptors (Lipinski definition) is 3. The molecule has 4 nitrogen and oxygen atoms in total. The second kappa shape index (κ2) is 2.93. The minimum absolute atomic E-state index is 0.0374. The summed E-state index contributed by atoms with van der Waals surface area (Å²) in [5.74, 6) is -0.246. The van der Waals surface area contributed by atoms with E-state index in [4.69, 9.17) is 11.5 Å². The van der Waals surface area contributed by atoms with Crippen LogP contribution in [0.1, 0.15) is 5.69 Å². The third-order valence-corrected chi connectivity index (χ3v) is 1.73. The van der Waals surface area contributed by atoms with Gasteiger partial charge in [-0.25, -0.2) is 4.68 Å². The number of nitrogens with two attached hydrogens (primary N) is 2. The van der Waals surface area contributed by atoms with Crippen LogP contribution in [-0.2, 0) is 0 Å². The standard InChI is InChI=1S/C7H9F3N4/c1-3-5(11)6(12)14(13-3)4(2)7(8,9)10/h2,11-12H2,1H3. The quantitative estimate of drug-likeness (QED) is 0.729. The lowest BCUT2D eigenvalue weighted by atomic mass is 10.4. The van der Waals surface area contributed by atoms with Crippen LogP contribution in [0.2, 0.25) is 0 Å². The van der Waals surface area contributed by atoms with Crippen molar-refractivity contribution in [3.05, 3.63) is 12.3 Å². The molecule has 0 aromatic carbocycles. The summed E-state index contributed by atoms with van der Waals surface area (Å²) < 4.78 is 37.1. The highest BCUT2D eigenvalue weighted by atomic mass is 19.4. The zero-order valence-corrected chi connectivity index (χ0v) is 7.39. The average Bonchev–Trinajstić information content (AvgIpc) is 2.30.